The number of hydrogen-bond acceptors (Lipinski definition) is 4. The lowest BCUT2D eigenvalue weighted by Crippen LogP contribution is -2.14. The molecular formula is C17H23NO4. The molecule has 22 heavy (non-hydrogen) atoms. The van der Waals surface area contributed by atoms with E-state index in [1.807, 2.05) is 31.2 Å². The molecule has 0 saturated heterocycles. The zero-order chi connectivity index (χ0) is 16.2. The van der Waals surface area contributed by atoms with Crippen molar-refractivity contribution in [2.24, 2.45) is 0 Å². The predicted molar refractivity (Wildman–Crippen MR) is 85.5 cm³/mol. The van der Waals surface area contributed by atoms with Crippen LogP contribution in [-0.2, 0) is 14.3 Å². The smallest absolute Gasteiger partial charge is 0.411 e. The molecule has 1 aromatic carbocycles. The maximum Gasteiger partial charge on any atom is 0.411 e. The summed E-state index contributed by atoms with van der Waals surface area (Å²) in [4.78, 5) is 22.6. The molecule has 5 nitrogen and oxygen atoms in total. The average Bonchev–Trinajstić information content (AvgIpc) is 2.49. The third-order valence-corrected chi connectivity index (χ3v) is 3.02. The van der Waals surface area contributed by atoms with Crippen LogP contribution in [0.2, 0.25) is 0 Å². The van der Waals surface area contributed by atoms with Gasteiger partial charge in [0.05, 0.1) is 12.9 Å². The van der Waals surface area contributed by atoms with Gasteiger partial charge in [-0.3, -0.25) is 10.1 Å². The minimum absolute atomic E-state index is 0.260. The van der Waals surface area contributed by atoms with Crippen molar-refractivity contribution in [3.8, 4) is 0 Å². The second-order valence-corrected chi connectivity index (χ2v) is 4.95. The van der Waals surface area contributed by atoms with E-state index >= 15 is 0 Å². The molecular weight excluding hydrogens is 282 g/mol. The van der Waals surface area contributed by atoms with E-state index < -0.39 is 6.09 Å². The highest BCUT2D eigenvalue weighted by Gasteiger charge is 2.03. The predicted octanol–water partition coefficient (Wildman–Crippen LogP) is 4.18. The van der Waals surface area contributed by atoms with Gasteiger partial charge in [-0.25, -0.2) is 4.79 Å². The van der Waals surface area contributed by atoms with Gasteiger partial charge in [0, 0.05) is 12.1 Å². The minimum atomic E-state index is -0.446. The molecule has 0 aliphatic carbocycles. The van der Waals surface area contributed by atoms with E-state index in [0.717, 1.165) is 43.2 Å². The number of rotatable bonds is 9. The van der Waals surface area contributed by atoms with Crippen molar-refractivity contribution in [1.82, 2.24) is 0 Å². The summed E-state index contributed by atoms with van der Waals surface area (Å²) in [7, 11) is 0. The Labute approximate surface area is 131 Å². The van der Waals surface area contributed by atoms with E-state index in [2.05, 4.69) is 16.6 Å². The van der Waals surface area contributed by atoms with Gasteiger partial charge in [0.15, 0.2) is 0 Å². The molecule has 1 N–H and O–H groups in total. The molecule has 0 aliphatic rings. The third kappa shape index (κ3) is 8.09. The van der Waals surface area contributed by atoms with Crippen molar-refractivity contribution in [1.29, 1.82) is 0 Å². The Kier molecular flexibility index (Phi) is 8.42. The molecule has 0 radical (unpaired) electrons. The fourth-order valence-electron chi connectivity index (χ4n) is 1.83. The number of amides is 1. The molecule has 0 bridgehead atoms. The van der Waals surface area contributed by atoms with Gasteiger partial charge in [-0.1, -0.05) is 37.1 Å². The van der Waals surface area contributed by atoms with Crippen molar-refractivity contribution in [3.05, 3.63) is 42.7 Å². The van der Waals surface area contributed by atoms with Crippen molar-refractivity contribution in [2.75, 3.05) is 11.9 Å². The van der Waals surface area contributed by atoms with E-state index in [1.165, 1.54) is 0 Å². The van der Waals surface area contributed by atoms with Crippen molar-refractivity contribution >= 4 is 17.7 Å². The molecule has 0 atom stereocenters. The summed E-state index contributed by atoms with van der Waals surface area (Å²) in [6, 6.07) is 7.51. The lowest BCUT2D eigenvalue weighted by Gasteiger charge is -2.07. The van der Waals surface area contributed by atoms with E-state index in [-0.39, 0.29) is 5.97 Å². The van der Waals surface area contributed by atoms with Crippen LogP contribution in [0.15, 0.2) is 37.1 Å². The van der Waals surface area contributed by atoms with Gasteiger partial charge in [0.1, 0.15) is 0 Å². The molecule has 0 fully saturated rings. The number of nitrogens with one attached hydrogen (secondary N) is 1. The van der Waals surface area contributed by atoms with Gasteiger partial charge in [-0.2, -0.15) is 0 Å². The first-order valence-corrected chi connectivity index (χ1v) is 7.42. The van der Waals surface area contributed by atoms with Gasteiger partial charge in [-0.05, 0) is 31.9 Å². The van der Waals surface area contributed by atoms with Crippen LogP contribution in [0.5, 0.6) is 0 Å². The molecule has 1 rings (SSSR count). The standard InChI is InChI=1S/C17H23NO4/c1-3-21-16(19)8-6-4-5-7-13-22-17(20)18-15-11-9-14(2)10-12-15/h3,9-12H,1,4-8,13H2,2H3,(H,18,20). The molecule has 0 aromatic heterocycles. The maximum absolute atomic E-state index is 11.5. The Balaban J connectivity index is 2.02. The van der Waals surface area contributed by atoms with Crippen molar-refractivity contribution in [3.63, 3.8) is 0 Å². The van der Waals surface area contributed by atoms with Crippen LogP contribution < -0.4 is 5.32 Å². The summed E-state index contributed by atoms with van der Waals surface area (Å²) >= 11 is 0. The molecule has 0 heterocycles. The van der Waals surface area contributed by atoms with Gasteiger partial charge in [0.25, 0.3) is 0 Å². The quantitative estimate of drug-likeness (QED) is 0.422. The normalized spacial score (nSPS) is 9.86. The topological polar surface area (TPSA) is 64.6 Å². The Hall–Kier alpha value is -2.30. The number of anilines is 1. The second kappa shape index (κ2) is 10.4. The lowest BCUT2D eigenvalue weighted by molar-refractivity contribution is -0.138. The molecule has 5 heteroatoms. The first kappa shape index (κ1) is 17.8. The van der Waals surface area contributed by atoms with E-state index in [1.54, 1.807) is 0 Å². The summed E-state index contributed by atoms with van der Waals surface area (Å²) in [5, 5.41) is 2.67. The molecule has 0 aliphatic heterocycles. The first-order valence-electron chi connectivity index (χ1n) is 7.42. The molecule has 1 aromatic rings. The average molecular weight is 305 g/mol. The number of benzene rings is 1. The van der Waals surface area contributed by atoms with Crippen LogP contribution in [0.4, 0.5) is 10.5 Å². The van der Waals surface area contributed by atoms with Crippen LogP contribution in [0, 0.1) is 6.92 Å². The summed E-state index contributed by atoms with van der Waals surface area (Å²) in [5.74, 6) is -0.260. The fourth-order valence-corrected chi connectivity index (χ4v) is 1.83. The number of unbranched alkanes of at least 4 members (excludes halogenated alkanes) is 3. The van der Waals surface area contributed by atoms with E-state index in [4.69, 9.17) is 4.74 Å². The number of hydrogen-bond donors (Lipinski definition) is 1. The Morgan fingerprint density at radius 1 is 1.14 bits per heavy atom. The van der Waals surface area contributed by atoms with Gasteiger partial charge in [-0.15, -0.1) is 0 Å². The Bertz CT molecular complexity index is 482. The number of esters is 1. The fraction of sp³-hybridized carbons (Fsp3) is 0.412. The SMILES string of the molecule is C=COC(=O)CCCCCCOC(=O)Nc1ccc(C)cc1. The Morgan fingerprint density at radius 2 is 1.82 bits per heavy atom. The van der Waals surface area contributed by atoms with Crippen LogP contribution in [0.3, 0.4) is 0 Å². The minimum Gasteiger partial charge on any atom is -0.449 e. The largest absolute Gasteiger partial charge is 0.449 e. The number of carbonyl (C=O) groups excluding carboxylic acids is 2. The second-order valence-electron chi connectivity index (χ2n) is 4.95. The molecule has 0 spiro atoms. The maximum atomic E-state index is 11.5. The highest BCUT2D eigenvalue weighted by Crippen LogP contribution is 2.09. The monoisotopic (exact) mass is 305 g/mol. The summed E-state index contributed by atoms with van der Waals surface area (Å²) < 4.78 is 9.70. The van der Waals surface area contributed by atoms with E-state index in [0.29, 0.717) is 13.0 Å². The summed E-state index contributed by atoms with van der Waals surface area (Å²) in [6.45, 7) is 5.68. The summed E-state index contributed by atoms with van der Waals surface area (Å²) in [6.07, 6.45) is 4.43. The van der Waals surface area contributed by atoms with Crippen LogP contribution in [0.1, 0.15) is 37.7 Å². The first-order chi connectivity index (χ1) is 10.6. The van der Waals surface area contributed by atoms with Gasteiger partial charge >= 0.3 is 12.1 Å². The Morgan fingerprint density at radius 3 is 2.50 bits per heavy atom. The van der Waals surface area contributed by atoms with Crippen LogP contribution >= 0.6 is 0 Å². The third-order valence-electron chi connectivity index (χ3n) is 3.02. The van der Waals surface area contributed by atoms with Crippen molar-refractivity contribution < 1.29 is 19.1 Å². The zero-order valence-corrected chi connectivity index (χ0v) is 13.0. The molecule has 1 amide bonds. The number of ether oxygens (including phenoxy) is 2. The van der Waals surface area contributed by atoms with Crippen molar-refractivity contribution in [2.45, 2.75) is 39.0 Å². The van der Waals surface area contributed by atoms with E-state index in [9.17, 15) is 9.59 Å². The summed E-state index contributed by atoms with van der Waals surface area (Å²) in [5.41, 5.74) is 1.85. The highest BCUT2D eigenvalue weighted by molar-refractivity contribution is 5.84. The lowest BCUT2D eigenvalue weighted by atomic mass is 10.1. The number of aryl methyl sites for hydroxylation is 1. The zero-order valence-electron chi connectivity index (χ0n) is 13.0. The highest BCUT2D eigenvalue weighted by atomic mass is 16.5. The van der Waals surface area contributed by atoms with Gasteiger partial charge in [0.2, 0.25) is 0 Å². The number of carbonyl (C=O) groups is 2. The van der Waals surface area contributed by atoms with Crippen LogP contribution in [0.25, 0.3) is 0 Å². The van der Waals surface area contributed by atoms with Crippen LogP contribution in [-0.4, -0.2) is 18.7 Å². The molecule has 120 valence electrons. The molecule has 0 unspecified atom stereocenters. The van der Waals surface area contributed by atoms with Gasteiger partial charge < -0.3 is 9.47 Å². The molecule has 0 saturated carbocycles.